The Labute approximate surface area is 124 Å². The van der Waals surface area contributed by atoms with Gasteiger partial charge in [-0.25, -0.2) is 0 Å². The van der Waals surface area contributed by atoms with E-state index in [4.69, 9.17) is 5.73 Å². The van der Waals surface area contributed by atoms with E-state index in [-0.39, 0.29) is 17.9 Å². The molecule has 0 heterocycles. The predicted octanol–water partition coefficient (Wildman–Crippen LogP) is 3.22. The second-order valence-corrected chi connectivity index (χ2v) is 6.07. The summed E-state index contributed by atoms with van der Waals surface area (Å²) in [5.41, 5.74) is 6.81. The van der Waals surface area contributed by atoms with Gasteiger partial charge in [-0.15, -0.1) is 0 Å². The highest BCUT2D eigenvalue weighted by atomic mass is 79.9. The van der Waals surface area contributed by atoms with Crippen molar-refractivity contribution in [1.82, 2.24) is 5.32 Å². The van der Waals surface area contributed by atoms with Gasteiger partial charge in [-0.2, -0.15) is 0 Å². The van der Waals surface area contributed by atoms with E-state index in [9.17, 15) is 4.79 Å². The Morgan fingerprint density at radius 1 is 1.26 bits per heavy atom. The van der Waals surface area contributed by atoms with Gasteiger partial charge < -0.3 is 11.1 Å². The number of nitrogens with two attached hydrogens (primary N) is 1. The number of rotatable bonds is 7. The summed E-state index contributed by atoms with van der Waals surface area (Å²) in [5.74, 6) is 0.168. The van der Waals surface area contributed by atoms with E-state index in [1.807, 2.05) is 38.1 Å². The fourth-order valence-electron chi connectivity index (χ4n) is 1.84. The second kappa shape index (κ2) is 8.33. The number of nitrogens with one attached hydrogen (secondary N) is 1. The van der Waals surface area contributed by atoms with Crippen LogP contribution in [-0.2, 0) is 11.3 Å². The normalized spacial score (nSPS) is 13.9. The SMILES string of the molecule is CC(N)CCCC(C)C(=O)NCc1ccc(Br)cc1. The van der Waals surface area contributed by atoms with Gasteiger partial charge in [0.05, 0.1) is 0 Å². The zero-order chi connectivity index (χ0) is 14.3. The van der Waals surface area contributed by atoms with Gasteiger partial charge in [-0.3, -0.25) is 4.79 Å². The third-order valence-corrected chi connectivity index (χ3v) is 3.65. The molecule has 0 spiro atoms. The van der Waals surface area contributed by atoms with Crippen molar-refractivity contribution in [2.24, 2.45) is 11.7 Å². The van der Waals surface area contributed by atoms with Crippen LogP contribution in [0.1, 0.15) is 38.7 Å². The molecule has 0 aliphatic heterocycles. The van der Waals surface area contributed by atoms with Gasteiger partial charge in [0, 0.05) is 23.0 Å². The lowest BCUT2D eigenvalue weighted by Gasteiger charge is -2.13. The van der Waals surface area contributed by atoms with Crippen LogP contribution in [0.4, 0.5) is 0 Å². The number of hydrogen-bond acceptors (Lipinski definition) is 2. The Kier molecular flexibility index (Phi) is 7.10. The third kappa shape index (κ3) is 6.73. The molecule has 19 heavy (non-hydrogen) atoms. The highest BCUT2D eigenvalue weighted by Gasteiger charge is 2.12. The molecule has 3 nitrogen and oxygen atoms in total. The molecule has 0 radical (unpaired) electrons. The molecule has 1 aromatic rings. The molecule has 0 aliphatic carbocycles. The maximum absolute atomic E-state index is 11.9. The zero-order valence-corrected chi connectivity index (χ0v) is 13.2. The predicted molar refractivity (Wildman–Crippen MR) is 82.7 cm³/mol. The lowest BCUT2D eigenvalue weighted by molar-refractivity contribution is -0.124. The molecule has 1 aromatic carbocycles. The smallest absolute Gasteiger partial charge is 0.223 e. The second-order valence-electron chi connectivity index (χ2n) is 5.15. The molecule has 2 unspecified atom stereocenters. The molecule has 1 rings (SSSR count). The molecule has 106 valence electrons. The van der Waals surface area contributed by atoms with Gasteiger partial charge in [-0.1, -0.05) is 41.4 Å². The minimum absolute atomic E-state index is 0.0502. The van der Waals surface area contributed by atoms with Crippen molar-refractivity contribution in [1.29, 1.82) is 0 Å². The topological polar surface area (TPSA) is 55.1 Å². The lowest BCUT2D eigenvalue weighted by Crippen LogP contribution is -2.29. The monoisotopic (exact) mass is 326 g/mol. The molecule has 3 N–H and O–H groups in total. The Bertz CT molecular complexity index is 390. The molecule has 0 saturated carbocycles. The van der Waals surface area contributed by atoms with Gasteiger partial charge in [0.15, 0.2) is 0 Å². The van der Waals surface area contributed by atoms with Gasteiger partial charge in [0.25, 0.3) is 0 Å². The first kappa shape index (κ1) is 16.2. The first-order valence-corrected chi connectivity index (χ1v) is 7.56. The van der Waals surface area contributed by atoms with E-state index < -0.39 is 0 Å². The van der Waals surface area contributed by atoms with Gasteiger partial charge in [0.1, 0.15) is 0 Å². The van der Waals surface area contributed by atoms with Crippen molar-refractivity contribution in [2.75, 3.05) is 0 Å². The zero-order valence-electron chi connectivity index (χ0n) is 11.7. The number of carbonyl (C=O) groups excluding carboxylic acids is 1. The van der Waals surface area contributed by atoms with E-state index in [1.165, 1.54) is 0 Å². The van der Waals surface area contributed by atoms with Gasteiger partial charge in [-0.05, 0) is 37.5 Å². The summed E-state index contributed by atoms with van der Waals surface area (Å²) in [4.78, 5) is 11.9. The first-order chi connectivity index (χ1) is 8.99. The van der Waals surface area contributed by atoms with E-state index in [0.29, 0.717) is 6.54 Å². The molecular weight excluding hydrogens is 304 g/mol. The van der Waals surface area contributed by atoms with E-state index in [0.717, 1.165) is 29.3 Å². The summed E-state index contributed by atoms with van der Waals surface area (Å²) in [6.07, 6.45) is 2.88. The Morgan fingerprint density at radius 3 is 2.47 bits per heavy atom. The quantitative estimate of drug-likeness (QED) is 0.808. The van der Waals surface area contributed by atoms with E-state index in [2.05, 4.69) is 21.2 Å². The lowest BCUT2D eigenvalue weighted by atomic mass is 10.0. The molecule has 0 saturated heterocycles. The van der Waals surface area contributed by atoms with Crippen LogP contribution in [0.2, 0.25) is 0 Å². The van der Waals surface area contributed by atoms with Crippen LogP contribution >= 0.6 is 15.9 Å². The summed E-state index contributed by atoms with van der Waals surface area (Å²) >= 11 is 3.39. The largest absolute Gasteiger partial charge is 0.352 e. The van der Waals surface area contributed by atoms with Gasteiger partial charge in [0.2, 0.25) is 5.91 Å². The van der Waals surface area contributed by atoms with E-state index >= 15 is 0 Å². The average Bonchev–Trinajstić information content (AvgIpc) is 2.37. The van der Waals surface area contributed by atoms with Crippen LogP contribution in [0, 0.1) is 5.92 Å². The van der Waals surface area contributed by atoms with Crippen molar-refractivity contribution < 1.29 is 4.79 Å². The Hall–Kier alpha value is -0.870. The molecule has 0 bridgehead atoms. The molecule has 0 aromatic heterocycles. The van der Waals surface area contributed by atoms with Crippen LogP contribution in [-0.4, -0.2) is 11.9 Å². The summed E-state index contributed by atoms with van der Waals surface area (Å²) < 4.78 is 1.05. The van der Waals surface area contributed by atoms with Crippen molar-refractivity contribution in [3.63, 3.8) is 0 Å². The number of amides is 1. The molecule has 0 aliphatic rings. The number of halogens is 1. The number of carbonyl (C=O) groups is 1. The summed E-state index contributed by atoms with van der Waals surface area (Å²) in [5, 5.41) is 2.97. The molecular formula is C15H23BrN2O. The highest BCUT2D eigenvalue weighted by molar-refractivity contribution is 9.10. The molecule has 2 atom stereocenters. The van der Waals surface area contributed by atoms with Crippen molar-refractivity contribution in [2.45, 2.75) is 45.7 Å². The number of hydrogen-bond donors (Lipinski definition) is 2. The minimum atomic E-state index is 0.0502. The molecule has 4 heteroatoms. The van der Waals surface area contributed by atoms with Crippen LogP contribution in [0.25, 0.3) is 0 Å². The Morgan fingerprint density at radius 2 is 1.89 bits per heavy atom. The maximum atomic E-state index is 11.9. The van der Waals surface area contributed by atoms with Crippen LogP contribution in [0.15, 0.2) is 28.7 Å². The average molecular weight is 327 g/mol. The summed E-state index contributed by atoms with van der Waals surface area (Å²) in [6, 6.07) is 8.19. The maximum Gasteiger partial charge on any atom is 0.223 e. The fraction of sp³-hybridized carbons (Fsp3) is 0.533. The summed E-state index contributed by atoms with van der Waals surface area (Å²) in [6.45, 7) is 4.56. The summed E-state index contributed by atoms with van der Waals surface area (Å²) in [7, 11) is 0. The first-order valence-electron chi connectivity index (χ1n) is 6.76. The standard InChI is InChI=1S/C15H23BrN2O/c1-11(4-3-5-12(2)17)15(19)18-10-13-6-8-14(16)9-7-13/h6-9,11-12H,3-5,10,17H2,1-2H3,(H,18,19). The van der Waals surface area contributed by atoms with Crippen LogP contribution in [0.3, 0.4) is 0 Å². The fourth-order valence-corrected chi connectivity index (χ4v) is 2.11. The Balaban J connectivity index is 2.28. The van der Waals surface area contributed by atoms with Crippen molar-refractivity contribution in [3.8, 4) is 0 Å². The molecule has 1 amide bonds. The van der Waals surface area contributed by atoms with Crippen molar-refractivity contribution in [3.05, 3.63) is 34.3 Å². The number of benzene rings is 1. The van der Waals surface area contributed by atoms with Crippen molar-refractivity contribution >= 4 is 21.8 Å². The van der Waals surface area contributed by atoms with E-state index in [1.54, 1.807) is 0 Å². The van der Waals surface area contributed by atoms with Crippen LogP contribution < -0.4 is 11.1 Å². The van der Waals surface area contributed by atoms with Gasteiger partial charge >= 0.3 is 0 Å². The minimum Gasteiger partial charge on any atom is -0.352 e. The third-order valence-electron chi connectivity index (χ3n) is 3.12. The van der Waals surface area contributed by atoms with Crippen LogP contribution in [0.5, 0.6) is 0 Å². The molecule has 0 fully saturated rings. The highest BCUT2D eigenvalue weighted by Crippen LogP contribution is 2.12.